The van der Waals surface area contributed by atoms with Crippen LogP contribution in [0.1, 0.15) is 12.0 Å². The van der Waals surface area contributed by atoms with Gasteiger partial charge in [0.25, 0.3) is 5.69 Å². The van der Waals surface area contributed by atoms with Crippen LogP contribution in [0.2, 0.25) is 0 Å². The van der Waals surface area contributed by atoms with Gasteiger partial charge in [0.1, 0.15) is 0 Å². The number of nitro benzene ring substituents is 1. The van der Waals surface area contributed by atoms with Crippen molar-refractivity contribution in [2.75, 3.05) is 40.5 Å². The lowest BCUT2D eigenvalue weighted by molar-refractivity contribution is -0.385. The number of aryl methyl sites for hydroxylation is 1. The molecule has 0 aliphatic carbocycles. The first-order valence-corrected chi connectivity index (χ1v) is 7.31. The smallest absolute Gasteiger partial charge is 0.276 e. The van der Waals surface area contributed by atoms with Gasteiger partial charge in [0, 0.05) is 25.1 Å². The van der Waals surface area contributed by atoms with Crippen LogP contribution in [-0.4, -0.2) is 56.3 Å². The number of amides is 1. The second-order valence-electron chi connectivity index (χ2n) is 5.09. The number of nitro groups is 1. The van der Waals surface area contributed by atoms with Gasteiger partial charge in [-0.3, -0.25) is 14.9 Å². The van der Waals surface area contributed by atoms with E-state index in [0.29, 0.717) is 43.4 Å². The van der Waals surface area contributed by atoms with Gasteiger partial charge in [-0.2, -0.15) is 0 Å². The number of ether oxygens (including phenoxy) is 3. The van der Waals surface area contributed by atoms with Crippen molar-refractivity contribution >= 4 is 11.6 Å². The third-order valence-electron chi connectivity index (χ3n) is 3.75. The summed E-state index contributed by atoms with van der Waals surface area (Å²) < 4.78 is 15.5. The van der Waals surface area contributed by atoms with Crippen LogP contribution >= 0.6 is 0 Å². The third kappa shape index (κ3) is 4.10. The van der Waals surface area contributed by atoms with Crippen molar-refractivity contribution in [3.05, 3.63) is 27.8 Å². The summed E-state index contributed by atoms with van der Waals surface area (Å²) in [6.45, 7) is 2.18. The number of nitrogens with zero attached hydrogens (tertiary/aromatic N) is 2. The minimum absolute atomic E-state index is 0.0302. The van der Waals surface area contributed by atoms with Crippen LogP contribution in [0.3, 0.4) is 0 Å². The first kappa shape index (κ1) is 17.0. The zero-order valence-corrected chi connectivity index (χ0v) is 13.2. The molecule has 1 fully saturated rings. The Morgan fingerprint density at radius 1 is 1.26 bits per heavy atom. The summed E-state index contributed by atoms with van der Waals surface area (Å²) in [4.78, 5) is 24.7. The second-order valence-corrected chi connectivity index (χ2v) is 5.09. The number of morpholine rings is 1. The van der Waals surface area contributed by atoms with E-state index >= 15 is 0 Å². The Bertz CT molecular complexity index is 584. The van der Waals surface area contributed by atoms with E-state index < -0.39 is 4.92 Å². The fraction of sp³-hybridized carbons (Fsp3) is 0.533. The summed E-state index contributed by atoms with van der Waals surface area (Å²) in [6, 6.07) is 2.89. The van der Waals surface area contributed by atoms with E-state index in [-0.39, 0.29) is 24.4 Å². The average molecular weight is 324 g/mol. The first-order chi connectivity index (χ1) is 11.1. The molecule has 1 aliphatic heterocycles. The Morgan fingerprint density at radius 2 is 1.87 bits per heavy atom. The molecule has 0 unspecified atom stereocenters. The maximum Gasteiger partial charge on any atom is 0.276 e. The van der Waals surface area contributed by atoms with Gasteiger partial charge in [0.15, 0.2) is 11.5 Å². The van der Waals surface area contributed by atoms with Crippen LogP contribution in [0.15, 0.2) is 12.1 Å². The molecule has 1 heterocycles. The zero-order chi connectivity index (χ0) is 16.8. The number of methoxy groups -OCH3 is 2. The number of hydrogen-bond acceptors (Lipinski definition) is 6. The van der Waals surface area contributed by atoms with Crippen LogP contribution in [0.5, 0.6) is 11.5 Å². The highest BCUT2D eigenvalue weighted by molar-refractivity contribution is 5.76. The van der Waals surface area contributed by atoms with Gasteiger partial charge in [0.2, 0.25) is 5.91 Å². The highest BCUT2D eigenvalue weighted by atomic mass is 16.6. The van der Waals surface area contributed by atoms with E-state index in [2.05, 4.69) is 0 Å². The maximum atomic E-state index is 12.2. The van der Waals surface area contributed by atoms with E-state index in [1.807, 2.05) is 0 Å². The number of hydrogen-bond donors (Lipinski definition) is 0. The molecule has 1 amide bonds. The monoisotopic (exact) mass is 324 g/mol. The van der Waals surface area contributed by atoms with Crippen molar-refractivity contribution in [1.82, 2.24) is 4.90 Å². The molecule has 0 aromatic heterocycles. The molecule has 23 heavy (non-hydrogen) atoms. The van der Waals surface area contributed by atoms with E-state index in [1.165, 1.54) is 20.3 Å². The highest BCUT2D eigenvalue weighted by Crippen LogP contribution is 2.35. The minimum Gasteiger partial charge on any atom is -0.493 e. The van der Waals surface area contributed by atoms with Crippen molar-refractivity contribution in [2.24, 2.45) is 0 Å². The zero-order valence-electron chi connectivity index (χ0n) is 13.2. The molecule has 126 valence electrons. The number of carbonyl (C=O) groups is 1. The standard InChI is InChI=1S/C15H20N2O6/c1-21-13-9-11(12(17(19)20)10-14(13)22-2)3-4-15(18)16-5-7-23-8-6-16/h9-10H,3-8H2,1-2H3. The van der Waals surface area contributed by atoms with E-state index in [4.69, 9.17) is 14.2 Å². The molecular weight excluding hydrogens is 304 g/mol. The summed E-state index contributed by atoms with van der Waals surface area (Å²) in [7, 11) is 2.88. The van der Waals surface area contributed by atoms with Crippen LogP contribution in [0.25, 0.3) is 0 Å². The Kier molecular flexibility index (Phi) is 5.75. The lowest BCUT2D eigenvalue weighted by Gasteiger charge is -2.26. The van der Waals surface area contributed by atoms with Crippen LogP contribution < -0.4 is 9.47 Å². The van der Waals surface area contributed by atoms with Gasteiger partial charge in [0.05, 0.1) is 38.4 Å². The average Bonchev–Trinajstić information content (AvgIpc) is 2.59. The highest BCUT2D eigenvalue weighted by Gasteiger charge is 2.22. The number of carbonyl (C=O) groups excluding carboxylic acids is 1. The second kappa shape index (κ2) is 7.77. The fourth-order valence-electron chi connectivity index (χ4n) is 2.49. The predicted molar refractivity (Wildman–Crippen MR) is 81.9 cm³/mol. The van der Waals surface area contributed by atoms with Crippen molar-refractivity contribution < 1.29 is 23.9 Å². The minimum atomic E-state index is -0.476. The van der Waals surface area contributed by atoms with Gasteiger partial charge in [-0.15, -0.1) is 0 Å². The quantitative estimate of drug-likeness (QED) is 0.580. The van der Waals surface area contributed by atoms with Crippen molar-refractivity contribution in [3.63, 3.8) is 0 Å². The lowest BCUT2D eigenvalue weighted by atomic mass is 10.1. The lowest BCUT2D eigenvalue weighted by Crippen LogP contribution is -2.40. The van der Waals surface area contributed by atoms with Gasteiger partial charge in [-0.25, -0.2) is 0 Å². The van der Waals surface area contributed by atoms with Gasteiger partial charge < -0.3 is 19.1 Å². The molecule has 8 nitrogen and oxygen atoms in total. The van der Waals surface area contributed by atoms with Crippen LogP contribution in [0.4, 0.5) is 5.69 Å². The Morgan fingerprint density at radius 3 is 2.43 bits per heavy atom. The largest absolute Gasteiger partial charge is 0.493 e. The molecule has 0 radical (unpaired) electrons. The van der Waals surface area contributed by atoms with Crippen LogP contribution in [0, 0.1) is 10.1 Å². The Labute approximate surface area is 134 Å². The predicted octanol–water partition coefficient (Wildman–Crippen LogP) is 1.40. The number of benzene rings is 1. The molecule has 0 bridgehead atoms. The van der Waals surface area contributed by atoms with E-state index in [1.54, 1.807) is 11.0 Å². The Balaban J connectivity index is 2.14. The Hall–Kier alpha value is -2.35. The normalized spacial score (nSPS) is 14.4. The molecule has 1 aromatic rings. The SMILES string of the molecule is COc1cc(CCC(=O)N2CCOCC2)c([N+](=O)[O-])cc1OC. The number of rotatable bonds is 6. The summed E-state index contributed by atoms with van der Waals surface area (Å²) in [5, 5.41) is 11.2. The van der Waals surface area contributed by atoms with Gasteiger partial charge in [-0.1, -0.05) is 0 Å². The molecule has 1 aliphatic rings. The first-order valence-electron chi connectivity index (χ1n) is 7.31. The molecule has 1 saturated heterocycles. The molecule has 0 N–H and O–H groups in total. The maximum absolute atomic E-state index is 12.2. The van der Waals surface area contributed by atoms with Crippen LogP contribution in [-0.2, 0) is 16.0 Å². The summed E-state index contributed by atoms with van der Waals surface area (Å²) in [5.41, 5.74) is 0.381. The van der Waals surface area contributed by atoms with Crippen molar-refractivity contribution in [1.29, 1.82) is 0 Å². The van der Waals surface area contributed by atoms with E-state index in [9.17, 15) is 14.9 Å². The fourth-order valence-corrected chi connectivity index (χ4v) is 2.49. The summed E-state index contributed by atoms with van der Waals surface area (Å²) >= 11 is 0. The van der Waals surface area contributed by atoms with Gasteiger partial charge in [-0.05, 0) is 12.5 Å². The summed E-state index contributed by atoms with van der Waals surface area (Å²) in [6.07, 6.45) is 0.475. The molecule has 8 heteroatoms. The van der Waals surface area contributed by atoms with E-state index in [0.717, 1.165) is 0 Å². The van der Waals surface area contributed by atoms with Crippen molar-refractivity contribution in [2.45, 2.75) is 12.8 Å². The summed E-state index contributed by atoms with van der Waals surface area (Å²) in [5.74, 6) is 0.673. The molecule has 0 saturated carbocycles. The third-order valence-corrected chi connectivity index (χ3v) is 3.75. The molecule has 1 aromatic carbocycles. The molecule has 2 rings (SSSR count). The van der Waals surface area contributed by atoms with Crippen molar-refractivity contribution in [3.8, 4) is 11.5 Å². The molecule has 0 spiro atoms. The molecule has 0 atom stereocenters. The van der Waals surface area contributed by atoms with Gasteiger partial charge >= 0.3 is 0 Å². The topological polar surface area (TPSA) is 91.1 Å². The molecular formula is C15H20N2O6.